The van der Waals surface area contributed by atoms with E-state index in [0.717, 1.165) is 46.7 Å². The number of hydrogen-bond donors (Lipinski definition) is 1. The van der Waals surface area contributed by atoms with Crippen LogP contribution in [-0.2, 0) is 26.2 Å². The molecule has 3 aromatic rings. The van der Waals surface area contributed by atoms with E-state index < -0.39 is 28.5 Å². The van der Waals surface area contributed by atoms with Gasteiger partial charge in [0.25, 0.3) is 10.0 Å². The van der Waals surface area contributed by atoms with E-state index in [1.165, 1.54) is 23.1 Å². The van der Waals surface area contributed by atoms with Crippen molar-refractivity contribution in [2.75, 3.05) is 10.8 Å². The molecule has 0 heterocycles. The van der Waals surface area contributed by atoms with Gasteiger partial charge in [-0.05, 0) is 68.5 Å². The number of rotatable bonds is 11. The van der Waals surface area contributed by atoms with Gasteiger partial charge in [-0.25, -0.2) is 8.42 Å². The van der Waals surface area contributed by atoms with Crippen LogP contribution in [0.3, 0.4) is 0 Å². The highest BCUT2D eigenvalue weighted by Crippen LogP contribution is 2.35. The van der Waals surface area contributed by atoms with Crippen LogP contribution >= 0.6 is 23.2 Å². The molecule has 10 heteroatoms. The molecule has 0 radical (unpaired) electrons. The van der Waals surface area contributed by atoms with Crippen molar-refractivity contribution in [3.63, 3.8) is 0 Å². The van der Waals surface area contributed by atoms with Crippen LogP contribution in [0, 0.1) is 13.8 Å². The standard InChI is InChI=1S/C32H37Cl2N3O4S/c1-4-28(32(39)35-25-12-7-8-13-25)36(20-24-11-6-5-10-23(24)3)30(38)21-37(29-15-9-14-27(33)31(29)34)42(40,41)26-18-16-22(2)17-19-26/h5-6,9-11,14-19,25,28H,4,7-8,12-13,20-21H2,1-3H3,(H,35,39)/t28-/m0/s1. The molecule has 0 spiro atoms. The van der Waals surface area contributed by atoms with Crippen LogP contribution in [0.2, 0.25) is 10.0 Å². The molecule has 0 aromatic heterocycles. The molecule has 0 bridgehead atoms. The zero-order valence-corrected chi connectivity index (χ0v) is 26.5. The Morgan fingerprint density at radius 1 is 0.952 bits per heavy atom. The monoisotopic (exact) mass is 629 g/mol. The van der Waals surface area contributed by atoms with Crippen LogP contribution < -0.4 is 9.62 Å². The summed E-state index contributed by atoms with van der Waals surface area (Å²) in [7, 11) is -4.25. The summed E-state index contributed by atoms with van der Waals surface area (Å²) in [5, 5.41) is 3.30. The fourth-order valence-electron chi connectivity index (χ4n) is 5.29. The summed E-state index contributed by atoms with van der Waals surface area (Å²) in [4.78, 5) is 29.4. The topological polar surface area (TPSA) is 86.8 Å². The summed E-state index contributed by atoms with van der Waals surface area (Å²) in [5.74, 6) is -0.765. The van der Waals surface area contributed by atoms with Crippen molar-refractivity contribution in [3.05, 3.63) is 93.5 Å². The summed E-state index contributed by atoms with van der Waals surface area (Å²) < 4.78 is 29.1. The average molecular weight is 631 g/mol. The Kier molecular flexibility index (Phi) is 10.6. The van der Waals surface area contributed by atoms with E-state index in [1.807, 2.05) is 45.0 Å². The van der Waals surface area contributed by atoms with E-state index in [-0.39, 0.29) is 39.1 Å². The number of aryl methyl sites for hydroxylation is 2. The zero-order valence-electron chi connectivity index (χ0n) is 24.1. The quantitative estimate of drug-likeness (QED) is 0.256. The summed E-state index contributed by atoms with van der Waals surface area (Å²) >= 11 is 12.8. The minimum absolute atomic E-state index is 0.00779. The first kappa shape index (κ1) is 31.9. The lowest BCUT2D eigenvalue weighted by atomic mass is 10.1. The molecule has 4 rings (SSSR count). The third kappa shape index (κ3) is 7.28. The second-order valence-electron chi connectivity index (χ2n) is 10.8. The minimum atomic E-state index is -4.25. The second-order valence-corrected chi connectivity index (χ2v) is 13.4. The van der Waals surface area contributed by atoms with Crippen LogP contribution in [0.25, 0.3) is 0 Å². The molecule has 1 aliphatic carbocycles. The number of nitrogens with one attached hydrogen (secondary N) is 1. The van der Waals surface area contributed by atoms with Crippen LogP contribution in [-0.4, -0.2) is 43.8 Å². The molecule has 3 aromatic carbocycles. The highest BCUT2D eigenvalue weighted by molar-refractivity contribution is 7.92. The molecule has 2 amide bonds. The van der Waals surface area contributed by atoms with E-state index in [1.54, 1.807) is 24.3 Å². The SMILES string of the molecule is CC[C@@H](C(=O)NC1CCCC1)N(Cc1ccccc1C)C(=O)CN(c1cccc(Cl)c1Cl)S(=O)(=O)c1ccc(C)cc1. The van der Waals surface area contributed by atoms with Crippen molar-refractivity contribution >= 4 is 50.7 Å². The first-order chi connectivity index (χ1) is 20.0. The second kappa shape index (κ2) is 13.9. The number of sulfonamides is 1. The highest BCUT2D eigenvalue weighted by atomic mass is 35.5. The van der Waals surface area contributed by atoms with Crippen molar-refractivity contribution in [1.82, 2.24) is 10.2 Å². The number of amides is 2. The number of carbonyl (C=O) groups excluding carboxylic acids is 2. The summed E-state index contributed by atoms with van der Waals surface area (Å²) in [5.41, 5.74) is 2.80. The van der Waals surface area contributed by atoms with E-state index >= 15 is 0 Å². The number of hydrogen-bond acceptors (Lipinski definition) is 4. The summed E-state index contributed by atoms with van der Waals surface area (Å²) in [6.07, 6.45) is 4.28. The van der Waals surface area contributed by atoms with Crippen molar-refractivity contribution in [1.29, 1.82) is 0 Å². The van der Waals surface area contributed by atoms with Gasteiger partial charge in [0.1, 0.15) is 12.6 Å². The fourth-order valence-corrected chi connectivity index (χ4v) is 7.17. The maximum atomic E-state index is 14.3. The first-order valence-electron chi connectivity index (χ1n) is 14.2. The average Bonchev–Trinajstić information content (AvgIpc) is 3.47. The number of anilines is 1. The summed E-state index contributed by atoms with van der Waals surface area (Å²) in [6.45, 7) is 5.22. The Morgan fingerprint density at radius 2 is 1.62 bits per heavy atom. The largest absolute Gasteiger partial charge is 0.352 e. The fraction of sp³-hybridized carbons (Fsp3) is 0.375. The maximum Gasteiger partial charge on any atom is 0.264 e. The predicted molar refractivity (Wildman–Crippen MR) is 168 cm³/mol. The van der Waals surface area contributed by atoms with Crippen molar-refractivity contribution in [2.45, 2.75) is 76.4 Å². The molecule has 1 N–H and O–H groups in total. The van der Waals surface area contributed by atoms with Gasteiger partial charge in [0, 0.05) is 12.6 Å². The van der Waals surface area contributed by atoms with Crippen molar-refractivity contribution in [2.24, 2.45) is 0 Å². The van der Waals surface area contributed by atoms with E-state index in [2.05, 4.69) is 5.32 Å². The van der Waals surface area contributed by atoms with Gasteiger partial charge in [-0.15, -0.1) is 0 Å². The van der Waals surface area contributed by atoms with Gasteiger partial charge in [-0.1, -0.05) is 91.0 Å². The molecule has 0 aliphatic heterocycles. The summed E-state index contributed by atoms with van der Waals surface area (Å²) in [6, 6.07) is 17.9. The molecule has 1 aliphatic rings. The van der Waals surface area contributed by atoms with Gasteiger partial charge in [0.2, 0.25) is 11.8 Å². The normalized spacial score (nSPS) is 14.4. The van der Waals surface area contributed by atoms with Crippen LogP contribution in [0.15, 0.2) is 71.6 Å². The molecule has 224 valence electrons. The minimum Gasteiger partial charge on any atom is -0.352 e. The highest BCUT2D eigenvalue weighted by Gasteiger charge is 2.35. The maximum absolute atomic E-state index is 14.3. The van der Waals surface area contributed by atoms with Gasteiger partial charge >= 0.3 is 0 Å². The molecule has 1 saturated carbocycles. The van der Waals surface area contributed by atoms with Gasteiger partial charge in [-0.2, -0.15) is 0 Å². The predicted octanol–water partition coefficient (Wildman–Crippen LogP) is 6.67. The van der Waals surface area contributed by atoms with E-state index in [4.69, 9.17) is 23.2 Å². The number of benzene rings is 3. The number of halogens is 2. The van der Waals surface area contributed by atoms with Crippen LogP contribution in [0.1, 0.15) is 55.7 Å². The molecular formula is C32H37Cl2N3O4S. The third-order valence-electron chi connectivity index (χ3n) is 7.78. The third-order valence-corrected chi connectivity index (χ3v) is 10.4. The van der Waals surface area contributed by atoms with Gasteiger partial charge in [-0.3, -0.25) is 13.9 Å². The lowest BCUT2D eigenvalue weighted by Crippen LogP contribution is -2.53. The van der Waals surface area contributed by atoms with Crippen molar-refractivity contribution in [3.8, 4) is 0 Å². The smallest absolute Gasteiger partial charge is 0.264 e. The van der Waals surface area contributed by atoms with Crippen molar-refractivity contribution < 1.29 is 18.0 Å². The Morgan fingerprint density at radius 3 is 2.26 bits per heavy atom. The Hall–Kier alpha value is -3.07. The lowest BCUT2D eigenvalue weighted by molar-refractivity contribution is -0.140. The molecule has 7 nitrogen and oxygen atoms in total. The van der Waals surface area contributed by atoms with Gasteiger partial charge in [0.05, 0.1) is 20.6 Å². The zero-order chi connectivity index (χ0) is 30.4. The first-order valence-corrected chi connectivity index (χ1v) is 16.4. The Bertz CT molecular complexity index is 1520. The van der Waals surface area contributed by atoms with Gasteiger partial charge in [0.15, 0.2) is 0 Å². The van der Waals surface area contributed by atoms with Gasteiger partial charge < -0.3 is 10.2 Å². The van der Waals surface area contributed by atoms with Crippen LogP contribution in [0.5, 0.6) is 0 Å². The molecule has 0 unspecified atom stereocenters. The van der Waals surface area contributed by atoms with Crippen LogP contribution in [0.4, 0.5) is 5.69 Å². The molecule has 1 fully saturated rings. The molecule has 1 atom stereocenters. The molecular weight excluding hydrogens is 593 g/mol. The molecule has 0 saturated heterocycles. The number of carbonyl (C=O) groups is 2. The Balaban J connectivity index is 1.75. The Labute approximate surface area is 258 Å². The number of nitrogens with zero attached hydrogens (tertiary/aromatic N) is 2. The molecule has 42 heavy (non-hydrogen) atoms. The van der Waals surface area contributed by atoms with E-state index in [0.29, 0.717) is 6.42 Å². The lowest BCUT2D eigenvalue weighted by Gasteiger charge is -2.34. The van der Waals surface area contributed by atoms with E-state index in [9.17, 15) is 18.0 Å².